The van der Waals surface area contributed by atoms with Crippen LogP contribution in [-0.4, -0.2) is 0 Å². The summed E-state index contributed by atoms with van der Waals surface area (Å²) >= 11 is 0. The minimum Gasteiger partial charge on any atom is -0.271 e. The number of nitrogens with one attached hydrogen (secondary N) is 1. The maximum Gasteiger partial charge on any atom is 0.0462 e. The van der Waals surface area contributed by atoms with Gasteiger partial charge in [0.15, 0.2) is 0 Å². The second-order valence-corrected chi connectivity index (χ2v) is 5.07. The SMILES string of the molecule is CCC(C)CC(NN)c1ccc2ccccc2c1. The van der Waals surface area contributed by atoms with E-state index < -0.39 is 0 Å². The van der Waals surface area contributed by atoms with E-state index in [0.717, 1.165) is 6.42 Å². The fraction of sp³-hybridized carbons (Fsp3) is 0.375. The van der Waals surface area contributed by atoms with Crippen LogP contribution < -0.4 is 11.3 Å². The van der Waals surface area contributed by atoms with E-state index in [1.807, 2.05) is 0 Å². The molecule has 2 aromatic carbocycles. The molecule has 2 nitrogen and oxygen atoms in total. The standard InChI is InChI=1S/C16H22N2/c1-3-12(2)10-16(18-17)15-9-8-13-6-4-5-7-14(13)11-15/h4-9,11-12,16,18H,3,10,17H2,1-2H3. The predicted octanol–water partition coefficient (Wildman–Crippen LogP) is 3.78. The normalized spacial score (nSPS) is 14.6. The summed E-state index contributed by atoms with van der Waals surface area (Å²) in [6.45, 7) is 4.49. The minimum absolute atomic E-state index is 0.240. The molecule has 2 atom stereocenters. The lowest BCUT2D eigenvalue weighted by Crippen LogP contribution is -2.29. The summed E-state index contributed by atoms with van der Waals surface area (Å²) < 4.78 is 0. The molecule has 2 unspecified atom stereocenters. The molecule has 0 aromatic heterocycles. The topological polar surface area (TPSA) is 38.0 Å². The molecule has 0 heterocycles. The van der Waals surface area contributed by atoms with Crippen LogP contribution in [0.1, 0.15) is 38.3 Å². The third-order valence-corrected chi connectivity index (χ3v) is 3.71. The molecule has 0 aliphatic heterocycles. The van der Waals surface area contributed by atoms with Crippen LogP contribution in [0.5, 0.6) is 0 Å². The summed E-state index contributed by atoms with van der Waals surface area (Å²) in [6, 6.07) is 15.3. The number of nitrogens with two attached hydrogens (primary N) is 1. The fourth-order valence-electron chi connectivity index (χ4n) is 2.29. The molecule has 2 heteroatoms. The molecule has 0 amide bonds. The van der Waals surface area contributed by atoms with Crippen LogP contribution in [0.3, 0.4) is 0 Å². The molecule has 0 aliphatic carbocycles. The Hall–Kier alpha value is -1.38. The zero-order valence-corrected chi connectivity index (χ0v) is 11.2. The van der Waals surface area contributed by atoms with Crippen LogP contribution in [0.15, 0.2) is 42.5 Å². The molecule has 3 N–H and O–H groups in total. The Morgan fingerprint density at radius 2 is 1.83 bits per heavy atom. The fourth-order valence-corrected chi connectivity index (χ4v) is 2.29. The number of hydrogen-bond donors (Lipinski definition) is 2. The number of benzene rings is 2. The van der Waals surface area contributed by atoms with Crippen LogP contribution in [-0.2, 0) is 0 Å². The van der Waals surface area contributed by atoms with Gasteiger partial charge in [0.2, 0.25) is 0 Å². The van der Waals surface area contributed by atoms with Crippen molar-refractivity contribution >= 4 is 10.8 Å². The Balaban J connectivity index is 2.27. The van der Waals surface area contributed by atoms with Gasteiger partial charge in [0, 0.05) is 6.04 Å². The molecule has 18 heavy (non-hydrogen) atoms. The second-order valence-electron chi connectivity index (χ2n) is 5.07. The lowest BCUT2D eigenvalue weighted by molar-refractivity contribution is 0.408. The van der Waals surface area contributed by atoms with Gasteiger partial charge in [-0.2, -0.15) is 0 Å². The zero-order valence-electron chi connectivity index (χ0n) is 11.2. The van der Waals surface area contributed by atoms with Gasteiger partial charge < -0.3 is 0 Å². The molecule has 0 aliphatic rings. The molecule has 2 rings (SSSR count). The van der Waals surface area contributed by atoms with Gasteiger partial charge in [0.25, 0.3) is 0 Å². The van der Waals surface area contributed by atoms with Gasteiger partial charge in [0.05, 0.1) is 0 Å². The smallest absolute Gasteiger partial charge is 0.0462 e. The maximum atomic E-state index is 5.70. The summed E-state index contributed by atoms with van der Waals surface area (Å²) in [4.78, 5) is 0. The first kappa shape index (κ1) is 13.1. The highest BCUT2D eigenvalue weighted by Crippen LogP contribution is 2.25. The Morgan fingerprint density at radius 3 is 2.50 bits per heavy atom. The summed E-state index contributed by atoms with van der Waals surface area (Å²) in [5.74, 6) is 6.38. The molecule has 0 spiro atoms. The Kier molecular flexibility index (Phi) is 4.34. The van der Waals surface area contributed by atoms with Crippen molar-refractivity contribution in [1.29, 1.82) is 0 Å². The van der Waals surface area contributed by atoms with Crippen LogP contribution in [0.2, 0.25) is 0 Å². The van der Waals surface area contributed by atoms with E-state index in [0.29, 0.717) is 5.92 Å². The third kappa shape index (κ3) is 2.89. The van der Waals surface area contributed by atoms with Crippen molar-refractivity contribution in [3.8, 4) is 0 Å². The highest BCUT2D eigenvalue weighted by Gasteiger charge is 2.13. The van der Waals surface area contributed by atoms with E-state index in [-0.39, 0.29) is 6.04 Å². The summed E-state index contributed by atoms with van der Waals surface area (Å²) in [5.41, 5.74) is 4.22. The molecular weight excluding hydrogens is 220 g/mol. The van der Waals surface area contributed by atoms with Gasteiger partial charge in [-0.15, -0.1) is 0 Å². The quantitative estimate of drug-likeness (QED) is 0.618. The lowest BCUT2D eigenvalue weighted by Gasteiger charge is -2.20. The third-order valence-electron chi connectivity index (χ3n) is 3.71. The average molecular weight is 242 g/mol. The lowest BCUT2D eigenvalue weighted by atomic mass is 9.93. The van der Waals surface area contributed by atoms with E-state index in [1.54, 1.807) is 0 Å². The van der Waals surface area contributed by atoms with Gasteiger partial charge in [-0.1, -0.05) is 56.7 Å². The Bertz CT molecular complexity index is 507. The molecule has 0 saturated heterocycles. The first-order valence-electron chi connectivity index (χ1n) is 6.69. The first-order chi connectivity index (χ1) is 8.74. The van der Waals surface area contributed by atoms with E-state index in [4.69, 9.17) is 5.84 Å². The van der Waals surface area contributed by atoms with Crippen molar-refractivity contribution in [2.24, 2.45) is 11.8 Å². The van der Waals surface area contributed by atoms with Crippen LogP contribution in [0.25, 0.3) is 10.8 Å². The molecule has 2 aromatic rings. The van der Waals surface area contributed by atoms with Gasteiger partial charge in [0.1, 0.15) is 0 Å². The van der Waals surface area contributed by atoms with Crippen molar-refractivity contribution < 1.29 is 0 Å². The van der Waals surface area contributed by atoms with Crippen molar-refractivity contribution in [3.63, 3.8) is 0 Å². The van der Waals surface area contributed by atoms with Crippen molar-refractivity contribution in [2.45, 2.75) is 32.7 Å². The van der Waals surface area contributed by atoms with Gasteiger partial charge in [-0.25, -0.2) is 0 Å². The van der Waals surface area contributed by atoms with E-state index in [9.17, 15) is 0 Å². The summed E-state index contributed by atoms with van der Waals surface area (Å²) in [6.07, 6.45) is 2.26. The number of hydrazine groups is 1. The van der Waals surface area contributed by atoms with Crippen LogP contribution in [0, 0.1) is 5.92 Å². The highest BCUT2D eigenvalue weighted by molar-refractivity contribution is 5.83. The van der Waals surface area contributed by atoms with E-state index in [2.05, 4.69) is 61.7 Å². The van der Waals surface area contributed by atoms with Crippen molar-refractivity contribution in [1.82, 2.24) is 5.43 Å². The predicted molar refractivity (Wildman–Crippen MR) is 78.1 cm³/mol. The molecule has 96 valence electrons. The first-order valence-corrected chi connectivity index (χ1v) is 6.69. The molecular formula is C16H22N2. The van der Waals surface area contributed by atoms with E-state index in [1.165, 1.54) is 22.8 Å². The molecule has 0 saturated carbocycles. The largest absolute Gasteiger partial charge is 0.271 e. The van der Waals surface area contributed by atoms with Crippen LogP contribution in [0.4, 0.5) is 0 Å². The second kappa shape index (κ2) is 5.98. The highest BCUT2D eigenvalue weighted by atomic mass is 15.2. The number of fused-ring (bicyclic) bond motifs is 1. The number of rotatable bonds is 5. The van der Waals surface area contributed by atoms with E-state index >= 15 is 0 Å². The van der Waals surface area contributed by atoms with Gasteiger partial charge >= 0.3 is 0 Å². The Labute approximate surface area is 109 Å². The summed E-state index contributed by atoms with van der Waals surface area (Å²) in [7, 11) is 0. The minimum atomic E-state index is 0.240. The van der Waals surface area contributed by atoms with Crippen molar-refractivity contribution in [3.05, 3.63) is 48.0 Å². The monoisotopic (exact) mass is 242 g/mol. The molecule has 0 radical (unpaired) electrons. The number of hydrogen-bond acceptors (Lipinski definition) is 2. The van der Waals surface area contributed by atoms with Crippen molar-refractivity contribution in [2.75, 3.05) is 0 Å². The summed E-state index contributed by atoms with van der Waals surface area (Å²) in [5, 5.41) is 2.56. The average Bonchev–Trinajstić information content (AvgIpc) is 2.44. The van der Waals surface area contributed by atoms with Gasteiger partial charge in [-0.3, -0.25) is 11.3 Å². The van der Waals surface area contributed by atoms with Gasteiger partial charge in [-0.05, 0) is 34.7 Å². The molecule has 0 fully saturated rings. The molecule has 0 bridgehead atoms. The Morgan fingerprint density at radius 1 is 1.11 bits per heavy atom. The van der Waals surface area contributed by atoms with Crippen LogP contribution >= 0.6 is 0 Å². The maximum absolute atomic E-state index is 5.70. The zero-order chi connectivity index (χ0) is 13.0.